The van der Waals surface area contributed by atoms with Crippen molar-refractivity contribution < 1.29 is 13.2 Å². The lowest BCUT2D eigenvalue weighted by molar-refractivity contribution is -0.0207. The van der Waals surface area contributed by atoms with Gasteiger partial charge in [0.15, 0.2) is 0 Å². The zero-order valence-corrected chi connectivity index (χ0v) is 11.3. The molecule has 1 aliphatic rings. The molecule has 18 heavy (non-hydrogen) atoms. The van der Waals surface area contributed by atoms with Gasteiger partial charge in [-0.05, 0) is 31.5 Å². The van der Waals surface area contributed by atoms with Crippen LogP contribution in [0.1, 0.15) is 25.5 Å². The zero-order valence-electron chi connectivity index (χ0n) is 10.5. The summed E-state index contributed by atoms with van der Waals surface area (Å²) in [5, 5.41) is 8.46. The van der Waals surface area contributed by atoms with Crippen molar-refractivity contribution in [2.24, 2.45) is 5.14 Å². The van der Waals surface area contributed by atoms with E-state index in [0.717, 1.165) is 5.56 Å². The van der Waals surface area contributed by atoms with E-state index in [1.807, 2.05) is 6.92 Å². The first kappa shape index (κ1) is 13.5. The van der Waals surface area contributed by atoms with Gasteiger partial charge in [0.2, 0.25) is 10.0 Å². The Morgan fingerprint density at radius 3 is 2.39 bits per heavy atom. The number of nitrogens with one attached hydrogen (secondary N) is 1. The number of nitrogens with two attached hydrogens (primary N) is 1. The van der Waals surface area contributed by atoms with E-state index in [1.165, 1.54) is 12.1 Å². The third-order valence-corrected chi connectivity index (χ3v) is 3.99. The summed E-state index contributed by atoms with van der Waals surface area (Å²) in [6, 6.07) is 7.04. The predicted octanol–water partition coefficient (Wildman–Crippen LogP) is 0.772. The first-order valence-corrected chi connectivity index (χ1v) is 7.43. The van der Waals surface area contributed by atoms with Crippen molar-refractivity contribution in [1.29, 1.82) is 0 Å². The normalized spacial score (nSPS) is 29.2. The Labute approximate surface area is 107 Å². The standard InChI is InChI=1S/C12H18N2O3S/c1-8-7-17-12(9(2)14-8)10-3-5-11(6-4-10)18(13,15)16/h3-6,8-9,12,14H,7H2,1-2H3,(H2,13,15,16). The number of rotatable bonds is 2. The lowest BCUT2D eigenvalue weighted by Crippen LogP contribution is -2.47. The molecule has 0 aliphatic carbocycles. The van der Waals surface area contributed by atoms with E-state index in [4.69, 9.17) is 9.88 Å². The highest BCUT2D eigenvalue weighted by Crippen LogP contribution is 2.25. The van der Waals surface area contributed by atoms with E-state index in [9.17, 15) is 8.42 Å². The molecule has 0 amide bonds. The third kappa shape index (κ3) is 2.89. The molecule has 0 spiro atoms. The Balaban J connectivity index is 2.20. The van der Waals surface area contributed by atoms with E-state index in [1.54, 1.807) is 12.1 Å². The molecule has 0 radical (unpaired) electrons. The SMILES string of the molecule is CC1COC(c2ccc(S(N)(=O)=O)cc2)C(C)N1. The monoisotopic (exact) mass is 270 g/mol. The quantitative estimate of drug-likeness (QED) is 0.832. The largest absolute Gasteiger partial charge is 0.370 e. The minimum absolute atomic E-state index is 0.0595. The summed E-state index contributed by atoms with van der Waals surface area (Å²) >= 11 is 0. The first-order chi connectivity index (χ1) is 8.38. The lowest BCUT2D eigenvalue weighted by Gasteiger charge is -2.34. The molecule has 0 aromatic heterocycles. The van der Waals surface area contributed by atoms with Gasteiger partial charge in [-0.2, -0.15) is 0 Å². The van der Waals surface area contributed by atoms with Crippen LogP contribution in [0.4, 0.5) is 0 Å². The molecule has 100 valence electrons. The van der Waals surface area contributed by atoms with Gasteiger partial charge in [-0.25, -0.2) is 13.6 Å². The van der Waals surface area contributed by atoms with Crippen LogP contribution in [0, 0.1) is 0 Å². The van der Waals surface area contributed by atoms with Gasteiger partial charge < -0.3 is 10.1 Å². The van der Waals surface area contributed by atoms with Gasteiger partial charge >= 0.3 is 0 Å². The maximum atomic E-state index is 11.2. The Bertz CT molecular complexity index is 513. The molecule has 3 N–H and O–H groups in total. The van der Waals surface area contributed by atoms with Crippen LogP contribution in [-0.2, 0) is 14.8 Å². The molecule has 0 saturated carbocycles. The Morgan fingerprint density at radius 2 is 1.89 bits per heavy atom. The van der Waals surface area contributed by atoms with Crippen molar-refractivity contribution in [2.45, 2.75) is 36.9 Å². The van der Waals surface area contributed by atoms with Gasteiger partial charge in [0.25, 0.3) is 0 Å². The number of primary sulfonamides is 1. The summed E-state index contributed by atoms with van der Waals surface area (Å²) in [6.07, 6.45) is -0.0595. The summed E-state index contributed by atoms with van der Waals surface area (Å²) in [5.41, 5.74) is 0.953. The van der Waals surface area contributed by atoms with Crippen molar-refractivity contribution in [3.05, 3.63) is 29.8 Å². The number of hydrogen-bond acceptors (Lipinski definition) is 4. The second kappa shape index (κ2) is 4.97. The molecule has 0 bridgehead atoms. The molecule has 1 aliphatic heterocycles. The van der Waals surface area contributed by atoms with Crippen LogP contribution >= 0.6 is 0 Å². The number of hydrogen-bond donors (Lipinski definition) is 2. The van der Waals surface area contributed by atoms with Gasteiger partial charge in [-0.1, -0.05) is 12.1 Å². The minimum atomic E-state index is -3.63. The third-order valence-electron chi connectivity index (χ3n) is 3.06. The summed E-state index contributed by atoms with van der Waals surface area (Å²) < 4.78 is 28.1. The topological polar surface area (TPSA) is 81.4 Å². The average Bonchev–Trinajstić information content (AvgIpc) is 2.28. The fourth-order valence-electron chi connectivity index (χ4n) is 2.21. The maximum absolute atomic E-state index is 11.2. The lowest BCUT2D eigenvalue weighted by atomic mass is 10.0. The second-order valence-electron chi connectivity index (χ2n) is 4.72. The minimum Gasteiger partial charge on any atom is -0.370 e. The van der Waals surface area contributed by atoms with Crippen molar-refractivity contribution in [3.8, 4) is 0 Å². The van der Waals surface area contributed by atoms with Gasteiger partial charge in [0.05, 0.1) is 17.6 Å². The Morgan fingerprint density at radius 1 is 1.28 bits per heavy atom. The van der Waals surface area contributed by atoms with Gasteiger partial charge in [0.1, 0.15) is 0 Å². The first-order valence-electron chi connectivity index (χ1n) is 5.88. The van der Waals surface area contributed by atoms with Gasteiger partial charge in [-0.15, -0.1) is 0 Å². The molecule has 6 heteroatoms. The number of morpholine rings is 1. The van der Waals surface area contributed by atoms with Crippen LogP contribution in [0.15, 0.2) is 29.2 Å². The van der Waals surface area contributed by atoms with Crippen molar-refractivity contribution in [3.63, 3.8) is 0 Å². The molecule has 2 rings (SSSR count). The summed E-state index contributed by atoms with van der Waals surface area (Å²) in [7, 11) is -3.63. The zero-order chi connectivity index (χ0) is 13.3. The van der Waals surface area contributed by atoms with Crippen molar-refractivity contribution in [2.75, 3.05) is 6.61 Å². The van der Waals surface area contributed by atoms with Crippen LogP contribution in [0.3, 0.4) is 0 Å². The second-order valence-corrected chi connectivity index (χ2v) is 6.29. The van der Waals surface area contributed by atoms with Crippen LogP contribution in [0.5, 0.6) is 0 Å². The van der Waals surface area contributed by atoms with E-state index in [0.29, 0.717) is 12.6 Å². The highest BCUT2D eigenvalue weighted by atomic mass is 32.2. The van der Waals surface area contributed by atoms with Crippen molar-refractivity contribution in [1.82, 2.24) is 5.32 Å². The number of sulfonamides is 1. The van der Waals surface area contributed by atoms with Gasteiger partial charge in [-0.3, -0.25) is 0 Å². The van der Waals surface area contributed by atoms with Gasteiger partial charge in [0, 0.05) is 12.1 Å². The van der Waals surface area contributed by atoms with Crippen molar-refractivity contribution >= 4 is 10.0 Å². The molecular weight excluding hydrogens is 252 g/mol. The maximum Gasteiger partial charge on any atom is 0.238 e. The molecule has 1 aromatic carbocycles. The van der Waals surface area contributed by atoms with E-state index in [-0.39, 0.29) is 17.0 Å². The Kier molecular flexibility index (Phi) is 3.72. The van der Waals surface area contributed by atoms with Crippen LogP contribution < -0.4 is 10.5 Å². The average molecular weight is 270 g/mol. The van der Waals surface area contributed by atoms with Crippen LogP contribution in [-0.4, -0.2) is 27.1 Å². The highest BCUT2D eigenvalue weighted by molar-refractivity contribution is 7.89. The van der Waals surface area contributed by atoms with Crippen LogP contribution in [0.25, 0.3) is 0 Å². The molecule has 1 fully saturated rings. The molecule has 3 unspecified atom stereocenters. The molecular formula is C12H18N2O3S. The summed E-state index contributed by atoms with van der Waals surface area (Å²) in [5.74, 6) is 0. The van der Waals surface area contributed by atoms with E-state index in [2.05, 4.69) is 12.2 Å². The molecule has 5 nitrogen and oxygen atoms in total. The predicted molar refractivity (Wildman–Crippen MR) is 68.6 cm³/mol. The number of ether oxygens (including phenoxy) is 1. The van der Waals surface area contributed by atoms with E-state index < -0.39 is 10.0 Å². The smallest absolute Gasteiger partial charge is 0.238 e. The fourth-order valence-corrected chi connectivity index (χ4v) is 2.72. The molecule has 3 atom stereocenters. The fraction of sp³-hybridized carbons (Fsp3) is 0.500. The van der Waals surface area contributed by atoms with Crippen LogP contribution in [0.2, 0.25) is 0 Å². The number of benzene rings is 1. The Hall–Kier alpha value is -0.950. The summed E-state index contributed by atoms with van der Waals surface area (Å²) in [4.78, 5) is 0.121. The molecule has 1 aromatic rings. The van der Waals surface area contributed by atoms with E-state index >= 15 is 0 Å². The molecule has 1 heterocycles. The molecule has 1 saturated heterocycles. The summed E-state index contributed by atoms with van der Waals surface area (Å²) in [6.45, 7) is 4.76. The highest BCUT2D eigenvalue weighted by Gasteiger charge is 2.26.